The van der Waals surface area contributed by atoms with E-state index in [0.717, 1.165) is 5.82 Å². The number of ether oxygens (including phenoxy) is 2. The predicted molar refractivity (Wildman–Crippen MR) is 78.7 cm³/mol. The van der Waals surface area contributed by atoms with Crippen molar-refractivity contribution in [3.05, 3.63) is 18.3 Å². The number of rotatable bonds is 7. The maximum Gasteiger partial charge on any atom is 0.177 e. The normalized spacial score (nSPS) is 14.4. The van der Waals surface area contributed by atoms with E-state index in [4.69, 9.17) is 15.2 Å². The van der Waals surface area contributed by atoms with E-state index < -0.39 is 0 Å². The summed E-state index contributed by atoms with van der Waals surface area (Å²) in [7, 11) is 0. The number of aliphatic imine (C=N–C) groups is 1. The number of hydrogen-bond acceptors (Lipinski definition) is 6. The fourth-order valence-corrected chi connectivity index (χ4v) is 1.90. The van der Waals surface area contributed by atoms with E-state index in [1.54, 1.807) is 10.9 Å². The van der Waals surface area contributed by atoms with Gasteiger partial charge in [-0.1, -0.05) is 0 Å². The van der Waals surface area contributed by atoms with E-state index >= 15 is 0 Å². The zero-order valence-electron chi connectivity index (χ0n) is 11.9. The molecule has 0 unspecified atom stereocenters. The minimum atomic E-state index is -0.338. The summed E-state index contributed by atoms with van der Waals surface area (Å²) < 4.78 is 12.7. The molecular weight excluding hydrogens is 258 g/mol. The third kappa shape index (κ3) is 3.58. The molecule has 1 aliphatic rings. The van der Waals surface area contributed by atoms with Crippen LogP contribution in [0, 0.1) is 0 Å². The number of aromatic nitrogens is 2. The Morgan fingerprint density at radius 3 is 2.70 bits per heavy atom. The van der Waals surface area contributed by atoms with Crippen molar-refractivity contribution < 1.29 is 9.47 Å². The largest absolute Gasteiger partial charge is 0.384 e. The summed E-state index contributed by atoms with van der Waals surface area (Å²) in [5.41, 5.74) is 5.99. The maximum absolute atomic E-state index is 5.99. The van der Waals surface area contributed by atoms with Crippen LogP contribution in [0.1, 0.15) is 13.8 Å². The van der Waals surface area contributed by atoms with E-state index in [1.165, 1.54) is 0 Å². The van der Waals surface area contributed by atoms with Gasteiger partial charge in [-0.25, -0.2) is 4.68 Å². The average Bonchev–Trinajstić information content (AvgIpc) is 2.82. The Morgan fingerprint density at radius 1 is 1.35 bits per heavy atom. The number of allylic oxidation sites excluding steroid dienone is 1. The van der Waals surface area contributed by atoms with Gasteiger partial charge in [0.25, 0.3) is 0 Å². The molecule has 0 aliphatic carbocycles. The molecule has 0 atom stereocenters. The van der Waals surface area contributed by atoms with Crippen LogP contribution in [0.25, 0.3) is 0 Å². The van der Waals surface area contributed by atoms with E-state index in [0.29, 0.717) is 32.2 Å². The lowest BCUT2D eigenvalue weighted by molar-refractivity contribution is -0.144. The smallest absolute Gasteiger partial charge is 0.177 e. The molecule has 0 spiro atoms. The molecule has 2 heterocycles. The van der Waals surface area contributed by atoms with Crippen molar-refractivity contribution in [3.63, 3.8) is 0 Å². The first-order valence-electron chi connectivity index (χ1n) is 6.74. The molecule has 20 heavy (non-hydrogen) atoms. The minimum Gasteiger partial charge on any atom is -0.384 e. The first-order chi connectivity index (χ1) is 9.74. The minimum absolute atomic E-state index is 0.338. The molecule has 0 fully saturated rings. The van der Waals surface area contributed by atoms with Crippen molar-refractivity contribution in [3.8, 4) is 0 Å². The summed E-state index contributed by atoms with van der Waals surface area (Å²) in [6, 6.07) is 1.82. The Balaban J connectivity index is 2.06. The van der Waals surface area contributed by atoms with Crippen LogP contribution in [0.2, 0.25) is 0 Å². The lowest BCUT2D eigenvalue weighted by Crippen LogP contribution is -2.25. The fraction of sp³-hybridized carbons (Fsp3) is 0.538. The molecule has 0 saturated carbocycles. The van der Waals surface area contributed by atoms with Crippen LogP contribution in [0.15, 0.2) is 23.3 Å². The first kappa shape index (κ1) is 14.5. The van der Waals surface area contributed by atoms with Gasteiger partial charge in [0.1, 0.15) is 12.5 Å². The Hall–Kier alpha value is -1.86. The topological polar surface area (TPSA) is 77.9 Å². The number of nitrogens with zero attached hydrogens (tertiary/aromatic N) is 4. The summed E-state index contributed by atoms with van der Waals surface area (Å²) in [5.74, 6) is 1.34. The number of nitrogen functional groups attached to an aromatic ring is 1. The molecule has 0 saturated heterocycles. The van der Waals surface area contributed by atoms with Crippen molar-refractivity contribution in [2.75, 3.05) is 30.5 Å². The van der Waals surface area contributed by atoms with Gasteiger partial charge in [-0.15, -0.1) is 0 Å². The number of hydrogen-bond donors (Lipinski definition) is 1. The second kappa shape index (κ2) is 7.06. The van der Waals surface area contributed by atoms with Gasteiger partial charge < -0.3 is 20.1 Å². The highest BCUT2D eigenvalue weighted by Crippen LogP contribution is 2.18. The van der Waals surface area contributed by atoms with Gasteiger partial charge in [0.15, 0.2) is 12.1 Å². The van der Waals surface area contributed by atoms with Gasteiger partial charge in [-0.2, -0.15) is 5.10 Å². The highest BCUT2D eigenvalue weighted by molar-refractivity contribution is 5.73. The van der Waals surface area contributed by atoms with Crippen molar-refractivity contribution in [2.24, 2.45) is 4.99 Å². The fourth-order valence-electron chi connectivity index (χ4n) is 1.90. The van der Waals surface area contributed by atoms with Crippen LogP contribution >= 0.6 is 0 Å². The average molecular weight is 279 g/mol. The summed E-state index contributed by atoms with van der Waals surface area (Å²) in [4.78, 5) is 6.09. The van der Waals surface area contributed by atoms with Gasteiger partial charge in [0.05, 0.1) is 6.54 Å². The van der Waals surface area contributed by atoms with Gasteiger partial charge in [-0.3, -0.25) is 4.99 Å². The second-order valence-electron chi connectivity index (χ2n) is 4.23. The summed E-state index contributed by atoms with van der Waals surface area (Å²) in [5, 5.41) is 4.47. The third-order valence-corrected chi connectivity index (χ3v) is 2.81. The zero-order chi connectivity index (χ0) is 14.4. The molecule has 1 aromatic heterocycles. The van der Waals surface area contributed by atoms with Crippen molar-refractivity contribution in [2.45, 2.75) is 26.7 Å². The summed E-state index contributed by atoms with van der Waals surface area (Å²) in [6.07, 6.45) is 5.20. The van der Waals surface area contributed by atoms with E-state index in [1.807, 2.05) is 37.1 Å². The molecule has 110 valence electrons. The van der Waals surface area contributed by atoms with Crippen LogP contribution in [-0.4, -0.2) is 42.2 Å². The Labute approximate surface area is 118 Å². The first-order valence-corrected chi connectivity index (χ1v) is 6.74. The third-order valence-electron chi connectivity index (χ3n) is 2.81. The van der Waals surface area contributed by atoms with Crippen molar-refractivity contribution >= 4 is 17.9 Å². The zero-order valence-corrected chi connectivity index (χ0v) is 11.9. The molecule has 0 aromatic carbocycles. The highest BCUT2D eigenvalue weighted by atomic mass is 16.7. The van der Waals surface area contributed by atoms with Gasteiger partial charge >= 0.3 is 0 Å². The lowest BCUT2D eigenvalue weighted by Gasteiger charge is -2.18. The van der Waals surface area contributed by atoms with Gasteiger partial charge in [-0.05, 0) is 19.9 Å². The van der Waals surface area contributed by atoms with Crippen LogP contribution in [0.3, 0.4) is 0 Å². The standard InChI is InChI=1S/C13H21N5O2/c1-3-19-13(20-4-2)9-18-11(14)8-12(16-18)17-7-5-6-15-10-17/h5-8,13H,3-4,9-10,14H2,1-2H3. The molecule has 0 amide bonds. The van der Waals surface area contributed by atoms with Crippen LogP contribution < -0.4 is 10.6 Å². The maximum atomic E-state index is 5.99. The predicted octanol–water partition coefficient (Wildman–Crippen LogP) is 1.23. The van der Waals surface area contributed by atoms with Crippen molar-refractivity contribution in [1.82, 2.24) is 9.78 Å². The van der Waals surface area contributed by atoms with E-state index in [-0.39, 0.29) is 6.29 Å². The molecule has 2 N–H and O–H groups in total. The summed E-state index contributed by atoms with van der Waals surface area (Å²) >= 11 is 0. The van der Waals surface area contributed by atoms with Gasteiger partial charge in [0.2, 0.25) is 0 Å². The van der Waals surface area contributed by atoms with Crippen LogP contribution in [-0.2, 0) is 16.0 Å². The van der Waals surface area contributed by atoms with Crippen molar-refractivity contribution in [1.29, 1.82) is 0 Å². The van der Waals surface area contributed by atoms with Crippen LogP contribution in [0.4, 0.5) is 11.6 Å². The molecule has 2 rings (SSSR count). The Bertz CT molecular complexity index is 477. The monoisotopic (exact) mass is 279 g/mol. The van der Waals surface area contributed by atoms with Crippen LogP contribution in [0.5, 0.6) is 0 Å². The van der Waals surface area contributed by atoms with E-state index in [2.05, 4.69) is 10.1 Å². The molecule has 7 heteroatoms. The van der Waals surface area contributed by atoms with Gasteiger partial charge in [0, 0.05) is 31.7 Å². The number of nitrogens with two attached hydrogens (primary N) is 1. The Morgan fingerprint density at radius 2 is 2.10 bits per heavy atom. The molecule has 0 radical (unpaired) electrons. The molecule has 1 aromatic rings. The quantitative estimate of drug-likeness (QED) is 0.759. The molecule has 7 nitrogen and oxygen atoms in total. The summed E-state index contributed by atoms with van der Waals surface area (Å²) in [6.45, 7) is 6.05. The molecule has 0 bridgehead atoms. The molecule has 1 aliphatic heterocycles. The highest BCUT2D eigenvalue weighted by Gasteiger charge is 2.15. The second-order valence-corrected chi connectivity index (χ2v) is 4.23. The lowest BCUT2D eigenvalue weighted by atomic mass is 10.5. The molecular formula is C13H21N5O2. The van der Waals surface area contributed by atoms with E-state index in [9.17, 15) is 0 Å². The number of anilines is 2. The Kier molecular flexibility index (Phi) is 5.14. The SMILES string of the molecule is CCOC(Cn1nc(N2C=CC=NC2)cc1N)OCC.